The number of carbonyl (C=O) groups excluding carboxylic acids is 2. The Hall–Kier alpha value is -4.08. The van der Waals surface area contributed by atoms with Crippen LogP contribution in [0.4, 0.5) is 21.0 Å². The zero-order chi connectivity index (χ0) is 32.9. The number of hydrogen-bond donors (Lipinski definition) is 3. The first kappa shape index (κ1) is 33.8. The van der Waals surface area contributed by atoms with Crippen LogP contribution in [0, 0.1) is 10.1 Å². The van der Waals surface area contributed by atoms with E-state index in [2.05, 4.69) is 20.3 Å². The fraction of sp³-hybridized carbons (Fsp3) is 0.433. The average molecular weight is 660 g/mol. The number of nitro groups is 1. The van der Waals surface area contributed by atoms with Gasteiger partial charge >= 0.3 is 12.2 Å². The summed E-state index contributed by atoms with van der Waals surface area (Å²) < 4.78 is 40.2. The molecule has 4 rings (SSSR count). The SMILES string of the molecule is CC(C)OC(=O)N[C@H]1CC[C@H](c2ncc(-c3ccc(NC(=O)Oc4ccc([N+](=O)[O-])cc4)cc3S(=O)(=O)NC(C)(C)C)s2)CC1. The van der Waals surface area contributed by atoms with Crippen LogP contribution in [0.3, 0.4) is 0 Å². The van der Waals surface area contributed by atoms with Crippen LogP contribution in [0.15, 0.2) is 53.6 Å². The standard InChI is InChI=1S/C30H37N5O8S2/c1-18(2)42-28(36)32-20-8-6-19(7-9-20)27-31-17-25(44-27)24-15-10-21(16-26(24)45(40,41)34-30(3,4)5)33-29(37)43-23-13-11-22(12-14-23)35(38)39/h10-20,34H,6-9H2,1-5H3,(H,32,36)(H,33,37)/t19-,20-. The van der Waals surface area contributed by atoms with E-state index in [0.29, 0.717) is 10.4 Å². The number of nitrogens with one attached hydrogen (secondary N) is 3. The number of rotatable bonds is 9. The number of hydrogen-bond acceptors (Lipinski definition) is 10. The van der Waals surface area contributed by atoms with E-state index in [-0.39, 0.29) is 40.1 Å². The molecular weight excluding hydrogens is 622 g/mol. The van der Waals surface area contributed by atoms with Crippen molar-refractivity contribution in [2.45, 2.75) is 88.8 Å². The van der Waals surface area contributed by atoms with Crippen LogP contribution in [0.5, 0.6) is 5.75 Å². The maximum absolute atomic E-state index is 13.6. The topological polar surface area (TPSA) is 179 Å². The number of non-ortho nitro benzene ring substituents is 1. The molecule has 0 aliphatic heterocycles. The number of anilines is 1. The molecule has 0 spiro atoms. The summed E-state index contributed by atoms with van der Waals surface area (Å²) in [5.41, 5.74) is -0.330. The maximum atomic E-state index is 13.6. The first-order chi connectivity index (χ1) is 21.1. The van der Waals surface area contributed by atoms with Crippen LogP contribution in [0.1, 0.15) is 71.2 Å². The summed E-state index contributed by atoms with van der Waals surface area (Å²) in [6.45, 7) is 8.79. The Kier molecular flexibility index (Phi) is 10.5. The largest absolute Gasteiger partial charge is 0.447 e. The Balaban J connectivity index is 1.52. The molecule has 0 bridgehead atoms. The Bertz CT molecular complexity index is 1640. The van der Waals surface area contributed by atoms with Crippen molar-refractivity contribution < 1.29 is 32.4 Å². The van der Waals surface area contributed by atoms with E-state index in [4.69, 9.17) is 9.47 Å². The van der Waals surface area contributed by atoms with Crippen molar-refractivity contribution in [3.8, 4) is 16.2 Å². The Labute approximate surface area is 265 Å². The van der Waals surface area contributed by atoms with Crippen LogP contribution in [0.25, 0.3) is 10.4 Å². The minimum Gasteiger partial charge on any atom is -0.447 e. The van der Waals surface area contributed by atoms with Gasteiger partial charge in [-0.3, -0.25) is 15.4 Å². The second-order valence-corrected chi connectivity index (χ2v) is 14.8. The smallest absolute Gasteiger partial charge is 0.417 e. The second-order valence-electron chi connectivity index (χ2n) is 12.0. The molecule has 1 aliphatic carbocycles. The molecule has 2 amide bonds. The number of thiazole rings is 1. The molecule has 1 saturated carbocycles. The summed E-state index contributed by atoms with van der Waals surface area (Å²) in [6, 6.07) is 9.54. The van der Waals surface area contributed by atoms with Gasteiger partial charge in [0.25, 0.3) is 5.69 Å². The van der Waals surface area contributed by atoms with Gasteiger partial charge in [0.05, 0.1) is 25.8 Å². The van der Waals surface area contributed by atoms with Crippen molar-refractivity contribution in [3.05, 3.63) is 63.8 Å². The molecule has 3 N–H and O–H groups in total. The molecule has 2 aromatic carbocycles. The Morgan fingerprint density at radius 2 is 1.71 bits per heavy atom. The third-order valence-electron chi connectivity index (χ3n) is 6.75. The molecular formula is C30H37N5O8S2. The van der Waals surface area contributed by atoms with Crippen molar-refractivity contribution in [1.82, 2.24) is 15.0 Å². The van der Waals surface area contributed by atoms with Gasteiger partial charge in [-0.15, -0.1) is 11.3 Å². The van der Waals surface area contributed by atoms with Gasteiger partial charge in [-0.25, -0.2) is 27.7 Å². The summed E-state index contributed by atoms with van der Waals surface area (Å²) in [6.07, 6.45) is 3.34. The second kappa shape index (κ2) is 13.9. The third kappa shape index (κ3) is 9.45. The lowest BCUT2D eigenvalue weighted by Crippen LogP contribution is -2.40. The normalized spacial score (nSPS) is 17.0. The van der Waals surface area contributed by atoms with E-state index in [0.717, 1.165) is 30.7 Å². The molecule has 1 fully saturated rings. The van der Waals surface area contributed by atoms with Crippen LogP contribution in [-0.2, 0) is 14.8 Å². The number of benzene rings is 2. The van der Waals surface area contributed by atoms with E-state index >= 15 is 0 Å². The van der Waals surface area contributed by atoms with Gasteiger partial charge in [0.15, 0.2) is 0 Å². The van der Waals surface area contributed by atoms with Crippen molar-refractivity contribution >= 4 is 44.9 Å². The molecule has 3 aromatic rings. The first-order valence-corrected chi connectivity index (χ1v) is 16.7. The molecule has 242 valence electrons. The zero-order valence-electron chi connectivity index (χ0n) is 25.7. The van der Waals surface area contributed by atoms with Gasteiger partial charge in [-0.2, -0.15) is 0 Å². The molecule has 0 radical (unpaired) electrons. The molecule has 0 saturated heterocycles. The molecule has 1 aliphatic rings. The van der Waals surface area contributed by atoms with E-state index in [1.165, 1.54) is 41.7 Å². The number of nitro benzene ring substituents is 1. The quantitative estimate of drug-likeness (QED) is 0.169. The molecule has 15 heteroatoms. The molecule has 1 heterocycles. The van der Waals surface area contributed by atoms with Crippen LogP contribution in [0.2, 0.25) is 0 Å². The predicted molar refractivity (Wildman–Crippen MR) is 170 cm³/mol. The number of amides is 2. The minimum atomic E-state index is -4.05. The average Bonchev–Trinajstić information content (AvgIpc) is 3.42. The Morgan fingerprint density at radius 1 is 1.04 bits per heavy atom. The predicted octanol–water partition coefficient (Wildman–Crippen LogP) is 6.57. The summed E-state index contributed by atoms with van der Waals surface area (Å²) in [5, 5.41) is 17.2. The van der Waals surface area contributed by atoms with Crippen molar-refractivity contribution in [2.75, 3.05) is 5.32 Å². The highest BCUT2D eigenvalue weighted by molar-refractivity contribution is 7.89. The number of ether oxygens (including phenoxy) is 2. The van der Waals surface area contributed by atoms with Crippen LogP contribution in [-0.4, -0.2) is 48.2 Å². The molecule has 0 unspecified atom stereocenters. The number of nitrogens with zero attached hydrogens (tertiary/aromatic N) is 2. The van der Waals surface area contributed by atoms with E-state index < -0.39 is 32.7 Å². The summed E-state index contributed by atoms with van der Waals surface area (Å²) in [7, 11) is -4.05. The number of aromatic nitrogens is 1. The number of sulfonamides is 1. The fourth-order valence-electron chi connectivity index (χ4n) is 4.87. The summed E-state index contributed by atoms with van der Waals surface area (Å²) >= 11 is 1.41. The lowest BCUT2D eigenvalue weighted by molar-refractivity contribution is -0.384. The van der Waals surface area contributed by atoms with E-state index in [9.17, 15) is 28.1 Å². The van der Waals surface area contributed by atoms with Gasteiger partial charge < -0.3 is 14.8 Å². The van der Waals surface area contributed by atoms with Gasteiger partial charge in [-0.05, 0) is 84.6 Å². The molecule has 13 nitrogen and oxygen atoms in total. The third-order valence-corrected chi connectivity index (χ3v) is 9.74. The van der Waals surface area contributed by atoms with Crippen molar-refractivity contribution in [2.24, 2.45) is 0 Å². The van der Waals surface area contributed by atoms with Gasteiger partial charge in [-0.1, -0.05) is 6.07 Å². The van der Waals surface area contributed by atoms with E-state index in [1.807, 2.05) is 0 Å². The summed E-state index contributed by atoms with van der Waals surface area (Å²) in [4.78, 5) is 40.1. The number of alkyl carbamates (subject to hydrolysis) is 1. The minimum absolute atomic E-state index is 0.0271. The highest BCUT2D eigenvalue weighted by atomic mass is 32.2. The van der Waals surface area contributed by atoms with E-state index in [1.54, 1.807) is 52.9 Å². The molecule has 1 aromatic heterocycles. The van der Waals surface area contributed by atoms with Crippen LogP contribution >= 0.6 is 11.3 Å². The highest BCUT2D eigenvalue weighted by Gasteiger charge is 2.29. The van der Waals surface area contributed by atoms with Gasteiger partial charge in [0, 0.05) is 47.1 Å². The molecule has 45 heavy (non-hydrogen) atoms. The highest BCUT2D eigenvalue weighted by Crippen LogP contribution is 2.40. The maximum Gasteiger partial charge on any atom is 0.417 e. The van der Waals surface area contributed by atoms with Crippen molar-refractivity contribution in [3.63, 3.8) is 0 Å². The lowest BCUT2D eigenvalue weighted by Gasteiger charge is -2.28. The monoisotopic (exact) mass is 659 g/mol. The van der Waals surface area contributed by atoms with Crippen molar-refractivity contribution in [1.29, 1.82) is 0 Å². The van der Waals surface area contributed by atoms with Crippen LogP contribution < -0.4 is 20.1 Å². The molecule has 0 atom stereocenters. The van der Waals surface area contributed by atoms with Gasteiger partial charge in [0.2, 0.25) is 10.0 Å². The fourth-order valence-corrected chi connectivity index (χ4v) is 7.73. The van der Waals surface area contributed by atoms with Gasteiger partial charge in [0.1, 0.15) is 5.75 Å². The zero-order valence-corrected chi connectivity index (χ0v) is 27.3. The lowest BCUT2D eigenvalue weighted by atomic mass is 9.86. The summed E-state index contributed by atoms with van der Waals surface area (Å²) in [5.74, 6) is 0.250. The number of carbonyl (C=O) groups is 2. The first-order valence-electron chi connectivity index (χ1n) is 14.4. The Morgan fingerprint density at radius 3 is 2.31 bits per heavy atom.